The van der Waals surface area contributed by atoms with E-state index in [1.165, 1.54) is 5.57 Å². The number of hydrogen-bond donors (Lipinski definition) is 1. The van der Waals surface area contributed by atoms with Gasteiger partial charge in [0.1, 0.15) is 0 Å². The Kier molecular flexibility index (Phi) is 3.18. The second kappa shape index (κ2) is 4.59. The highest BCUT2D eigenvalue weighted by Crippen LogP contribution is 2.13. The number of nitrogens with two attached hydrogens (primary N) is 1. The van der Waals surface area contributed by atoms with E-state index >= 15 is 0 Å². The summed E-state index contributed by atoms with van der Waals surface area (Å²) in [6, 6.07) is 0. The summed E-state index contributed by atoms with van der Waals surface area (Å²) in [6.07, 6.45) is 8.19. The maximum atomic E-state index is 5.45. The normalized spacial score (nSPS) is 12.5. The molecule has 0 radical (unpaired) electrons. The van der Waals surface area contributed by atoms with E-state index in [9.17, 15) is 0 Å². The molecule has 0 aromatic carbocycles. The molecule has 0 aliphatic rings. The molecule has 0 saturated carbocycles. The fourth-order valence-corrected chi connectivity index (χ4v) is 2.27. The summed E-state index contributed by atoms with van der Waals surface area (Å²) in [5.41, 5.74) is 7.92. The summed E-state index contributed by atoms with van der Waals surface area (Å²) in [5.74, 6) is 0. The summed E-state index contributed by atoms with van der Waals surface area (Å²) in [6.45, 7) is 2.85. The second-order valence-electron chi connectivity index (χ2n) is 3.63. The topological polar surface area (TPSA) is 43.3 Å². The van der Waals surface area contributed by atoms with Crippen LogP contribution in [0, 0.1) is 0 Å². The van der Waals surface area contributed by atoms with Crippen molar-refractivity contribution in [3.8, 4) is 0 Å². The largest absolute Gasteiger partial charge is 0.330 e. The molecule has 0 amide bonds. The van der Waals surface area contributed by atoms with Gasteiger partial charge in [0.15, 0.2) is 4.96 Å². The average molecular weight is 221 g/mol. The Morgan fingerprint density at radius 1 is 1.67 bits per heavy atom. The van der Waals surface area contributed by atoms with E-state index in [4.69, 9.17) is 5.73 Å². The van der Waals surface area contributed by atoms with E-state index in [-0.39, 0.29) is 0 Å². The predicted molar refractivity (Wildman–Crippen MR) is 64.2 cm³/mol. The molecule has 0 aliphatic carbocycles. The molecule has 4 heteroatoms. The molecule has 15 heavy (non-hydrogen) atoms. The molecule has 2 rings (SSSR count). The Bertz CT molecular complexity index is 438. The molecule has 3 nitrogen and oxygen atoms in total. The van der Waals surface area contributed by atoms with Crippen molar-refractivity contribution in [1.29, 1.82) is 0 Å². The lowest BCUT2D eigenvalue weighted by Crippen LogP contribution is -1.96. The summed E-state index contributed by atoms with van der Waals surface area (Å²) < 4.78 is 2.07. The molecule has 2 aromatic heterocycles. The first kappa shape index (κ1) is 10.4. The Labute approximate surface area is 93.2 Å². The van der Waals surface area contributed by atoms with Gasteiger partial charge in [0.2, 0.25) is 0 Å². The van der Waals surface area contributed by atoms with Crippen molar-refractivity contribution in [2.45, 2.75) is 19.8 Å². The van der Waals surface area contributed by atoms with Crippen molar-refractivity contribution < 1.29 is 0 Å². The molecule has 2 N–H and O–H groups in total. The van der Waals surface area contributed by atoms with Crippen molar-refractivity contribution >= 4 is 16.3 Å². The molecule has 80 valence electrons. The number of imidazole rings is 1. The first-order valence-corrected chi connectivity index (χ1v) is 5.94. The van der Waals surface area contributed by atoms with Crippen LogP contribution in [-0.4, -0.2) is 15.9 Å². The third kappa shape index (κ3) is 2.46. The van der Waals surface area contributed by atoms with Crippen molar-refractivity contribution in [2.24, 2.45) is 5.73 Å². The number of nitrogens with zero attached hydrogens (tertiary/aromatic N) is 2. The lowest BCUT2D eigenvalue weighted by Gasteiger charge is -1.96. The number of thiazole rings is 1. The molecule has 0 unspecified atom stereocenters. The van der Waals surface area contributed by atoms with Gasteiger partial charge in [-0.05, 0) is 19.9 Å². The molecule has 0 spiro atoms. The first-order chi connectivity index (χ1) is 7.29. The van der Waals surface area contributed by atoms with Crippen molar-refractivity contribution in [2.75, 3.05) is 6.54 Å². The van der Waals surface area contributed by atoms with E-state index < -0.39 is 0 Å². The van der Waals surface area contributed by atoms with E-state index in [0.717, 1.165) is 30.0 Å². The zero-order valence-corrected chi connectivity index (χ0v) is 9.63. The summed E-state index contributed by atoms with van der Waals surface area (Å²) in [4.78, 5) is 5.60. The molecule has 0 aliphatic heterocycles. The highest BCUT2D eigenvalue weighted by molar-refractivity contribution is 7.15. The van der Waals surface area contributed by atoms with Crippen LogP contribution in [0.4, 0.5) is 0 Å². The molecular formula is C11H15N3S. The van der Waals surface area contributed by atoms with Crippen LogP contribution in [0.1, 0.15) is 19.0 Å². The zero-order chi connectivity index (χ0) is 10.7. The minimum Gasteiger partial charge on any atom is -0.330 e. The fraction of sp³-hybridized carbons (Fsp3) is 0.364. The molecule has 2 aromatic rings. The minimum absolute atomic E-state index is 0.718. The van der Waals surface area contributed by atoms with E-state index in [1.807, 2.05) is 11.6 Å². The van der Waals surface area contributed by atoms with Crippen LogP contribution in [0.15, 0.2) is 29.4 Å². The van der Waals surface area contributed by atoms with Crippen molar-refractivity contribution in [3.05, 3.63) is 35.1 Å². The second-order valence-corrected chi connectivity index (χ2v) is 4.50. The van der Waals surface area contributed by atoms with Crippen LogP contribution >= 0.6 is 11.3 Å². The zero-order valence-electron chi connectivity index (χ0n) is 8.81. The van der Waals surface area contributed by atoms with Crippen molar-refractivity contribution in [3.63, 3.8) is 0 Å². The maximum absolute atomic E-state index is 5.45. The number of fused-ring (bicyclic) bond motifs is 1. The average Bonchev–Trinajstić information content (AvgIpc) is 2.74. The lowest BCUT2D eigenvalue weighted by molar-refractivity contribution is 0.974. The van der Waals surface area contributed by atoms with Crippen LogP contribution < -0.4 is 5.73 Å². The Balaban J connectivity index is 2.09. The van der Waals surface area contributed by atoms with Gasteiger partial charge in [-0.15, -0.1) is 11.3 Å². The van der Waals surface area contributed by atoms with Crippen LogP contribution in [0.2, 0.25) is 0 Å². The van der Waals surface area contributed by atoms with E-state index in [0.29, 0.717) is 0 Å². The van der Waals surface area contributed by atoms with Gasteiger partial charge in [-0.1, -0.05) is 11.6 Å². The number of aromatic nitrogens is 2. The molecule has 0 fully saturated rings. The standard InChI is InChI=1S/C11H15N3S/c1-9(3-2-4-12)7-10-8-14-5-6-15-11(14)13-10/h3,5-6,8H,2,4,7,12H2,1H3/b9-3-. The third-order valence-corrected chi connectivity index (χ3v) is 3.03. The molecule has 0 saturated heterocycles. The van der Waals surface area contributed by atoms with Crippen LogP contribution in [0.3, 0.4) is 0 Å². The van der Waals surface area contributed by atoms with Gasteiger partial charge in [-0.25, -0.2) is 4.98 Å². The number of hydrogen-bond acceptors (Lipinski definition) is 3. The SMILES string of the molecule is C/C(=C/CCN)Cc1cn2ccsc2n1. The Hall–Kier alpha value is -1.13. The van der Waals surface area contributed by atoms with Gasteiger partial charge in [-0.2, -0.15) is 0 Å². The van der Waals surface area contributed by atoms with Crippen LogP contribution in [0.5, 0.6) is 0 Å². The highest BCUT2D eigenvalue weighted by atomic mass is 32.1. The predicted octanol–water partition coefficient (Wildman–Crippen LogP) is 2.23. The lowest BCUT2D eigenvalue weighted by atomic mass is 10.1. The van der Waals surface area contributed by atoms with Gasteiger partial charge in [0.25, 0.3) is 0 Å². The number of allylic oxidation sites excluding steroid dienone is 1. The van der Waals surface area contributed by atoms with Gasteiger partial charge < -0.3 is 5.73 Å². The van der Waals surface area contributed by atoms with Gasteiger partial charge in [-0.3, -0.25) is 4.40 Å². The Morgan fingerprint density at radius 3 is 3.27 bits per heavy atom. The minimum atomic E-state index is 0.718. The molecular weight excluding hydrogens is 206 g/mol. The van der Waals surface area contributed by atoms with E-state index in [2.05, 4.69) is 28.6 Å². The quantitative estimate of drug-likeness (QED) is 0.805. The smallest absolute Gasteiger partial charge is 0.193 e. The number of rotatable bonds is 4. The first-order valence-electron chi connectivity index (χ1n) is 5.06. The molecule has 0 bridgehead atoms. The summed E-state index contributed by atoms with van der Waals surface area (Å²) in [5, 5.41) is 2.04. The maximum Gasteiger partial charge on any atom is 0.193 e. The highest BCUT2D eigenvalue weighted by Gasteiger charge is 2.02. The van der Waals surface area contributed by atoms with E-state index in [1.54, 1.807) is 11.3 Å². The Morgan fingerprint density at radius 2 is 2.53 bits per heavy atom. The monoisotopic (exact) mass is 221 g/mol. The van der Waals surface area contributed by atoms with Crippen LogP contribution in [-0.2, 0) is 6.42 Å². The molecule has 2 heterocycles. The van der Waals surface area contributed by atoms with Gasteiger partial charge in [0, 0.05) is 24.2 Å². The van der Waals surface area contributed by atoms with Crippen molar-refractivity contribution in [1.82, 2.24) is 9.38 Å². The van der Waals surface area contributed by atoms with Gasteiger partial charge >= 0.3 is 0 Å². The third-order valence-electron chi connectivity index (χ3n) is 2.26. The fourth-order valence-electron chi connectivity index (χ4n) is 1.55. The molecule has 0 atom stereocenters. The van der Waals surface area contributed by atoms with Gasteiger partial charge in [0.05, 0.1) is 5.69 Å². The summed E-state index contributed by atoms with van der Waals surface area (Å²) >= 11 is 1.67. The summed E-state index contributed by atoms with van der Waals surface area (Å²) in [7, 11) is 0. The van der Waals surface area contributed by atoms with Crippen LogP contribution in [0.25, 0.3) is 4.96 Å².